The molecule has 18 heavy (non-hydrogen) atoms. The van der Waals surface area contributed by atoms with Gasteiger partial charge in [0.15, 0.2) is 0 Å². The molecule has 1 unspecified atom stereocenters. The molecule has 5 heteroatoms. The molecule has 0 saturated heterocycles. The minimum Gasteiger partial charge on any atom is -0.466 e. The summed E-state index contributed by atoms with van der Waals surface area (Å²) >= 11 is 0. The Kier molecular flexibility index (Phi) is 8.37. The Bertz CT molecular complexity index is 267. The number of esters is 1. The van der Waals surface area contributed by atoms with Crippen LogP contribution in [0.3, 0.4) is 0 Å². The van der Waals surface area contributed by atoms with Gasteiger partial charge in [0.05, 0.1) is 19.1 Å². The van der Waals surface area contributed by atoms with Gasteiger partial charge < -0.3 is 10.1 Å². The van der Waals surface area contributed by atoms with Crippen molar-refractivity contribution in [1.29, 1.82) is 0 Å². The minimum absolute atomic E-state index is 0.0118. The number of carbonyl (C=O) groups is 2. The van der Waals surface area contributed by atoms with Crippen molar-refractivity contribution in [2.45, 2.75) is 27.7 Å². The van der Waals surface area contributed by atoms with Crippen LogP contribution in [0.1, 0.15) is 27.7 Å². The maximum Gasteiger partial charge on any atom is 0.309 e. The fourth-order valence-corrected chi connectivity index (χ4v) is 1.51. The molecular formula is C13H26N2O3. The van der Waals surface area contributed by atoms with E-state index in [1.54, 1.807) is 13.8 Å². The van der Waals surface area contributed by atoms with Crippen molar-refractivity contribution in [3.05, 3.63) is 0 Å². The summed E-state index contributed by atoms with van der Waals surface area (Å²) in [5, 5.41) is 2.84. The molecule has 0 fully saturated rings. The summed E-state index contributed by atoms with van der Waals surface area (Å²) in [7, 11) is 1.82. The lowest BCUT2D eigenvalue weighted by molar-refractivity contribution is -0.148. The van der Waals surface area contributed by atoms with Gasteiger partial charge >= 0.3 is 5.97 Å². The van der Waals surface area contributed by atoms with Crippen molar-refractivity contribution < 1.29 is 14.3 Å². The average molecular weight is 258 g/mol. The smallest absolute Gasteiger partial charge is 0.309 e. The van der Waals surface area contributed by atoms with Gasteiger partial charge in [0.1, 0.15) is 0 Å². The molecule has 0 spiro atoms. The molecule has 1 amide bonds. The molecule has 106 valence electrons. The third kappa shape index (κ3) is 8.06. The zero-order valence-electron chi connectivity index (χ0n) is 12.2. The molecule has 0 heterocycles. The zero-order chi connectivity index (χ0) is 14.1. The van der Waals surface area contributed by atoms with Gasteiger partial charge in [-0.2, -0.15) is 0 Å². The number of nitrogens with one attached hydrogen (secondary N) is 1. The van der Waals surface area contributed by atoms with E-state index >= 15 is 0 Å². The van der Waals surface area contributed by atoms with E-state index in [1.807, 2.05) is 25.8 Å². The Morgan fingerprint density at radius 1 is 1.28 bits per heavy atom. The first-order valence-electron chi connectivity index (χ1n) is 6.48. The van der Waals surface area contributed by atoms with Crippen LogP contribution in [0.4, 0.5) is 0 Å². The second kappa shape index (κ2) is 8.91. The van der Waals surface area contributed by atoms with E-state index in [0.717, 1.165) is 0 Å². The number of hydrogen-bond acceptors (Lipinski definition) is 4. The van der Waals surface area contributed by atoms with Crippen LogP contribution < -0.4 is 5.32 Å². The molecular weight excluding hydrogens is 232 g/mol. The lowest BCUT2D eigenvalue weighted by Crippen LogP contribution is -2.39. The summed E-state index contributed by atoms with van der Waals surface area (Å²) in [4.78, 5) is 24.8. The fraction of sp³-hybridized carbons (Fsp3) is 0.846. The van der Waals surface area contributed by atoms with Crippen molar-refractivity contribution in [3.63, 3.8) is 0 Å². The number of amides is 1. The van der Waals surface area contributed by atoms with Crippen LogP contribution in [-0.4, -0.2) is 50.1 Å². The first-order valence-corrected chi connectivity index (χ1v) is 6.48. The fourth-order valence-electron chi connectivity index (χ4n) is 1.51. The van der Waals surface area contributed by atoms with Gasteiger partial charge in [-0.05, 0) is 19.9 Å². The van der Waals surface area contributed by atoms with Gasteiger partial charge in [-0.25, -0.2) is 0 Å². The van der Waals surface area contributed by atoms with Gasteiger partial charge in [-0.3, -0.25) is 14.5 Å². The van der Waals surface area contributed by atoms with Crippen LogP contribution >= 0.6 is 0 Å². The second-order valence-electron chi connectivity index (χ2n) is 5.05. The SMILES string of the molecule is CCOC(=O)C(C)CN(C)CC(=O)NCC(C)C. The third-order valence-electron chi connectivity index (χ3n) is 2.40. The summed E-state index contributed by atoms with van der Waals surface area (Å²) in [5.41, 5.74) is 0. The van der Waals surface area contributed by atoms with Gasteiger partial charge in [-0.15, -0.1) is 0 Å². The molecule has 0 aromatic heterocycles. The largest absolute Gasteiger partial charge is 0.466 e. The summed E-state index contributed by atoms with van der Waals surface area (Å²) in [6.45, 7) is 9.58. The second-order valence-corrected chi connectivity index (χ2v) is 5.05. The molecule has 0 aliphatic carbocycles. The van der Waals surface area contributed by atoms with Crippen LogP contribution in [0.25, 0.3) is 0 Å². The molecule has 0 aromatic rings. The molecule has 0 rings (SSSR count). The predicted molar refractivity (Wildman–Crippen MR) is 71.1 cm³/mol. The van der Waals surface area contributed by atoms with Gasteiger partial charge in [-0.1, -0.05) is 20.8 Å². The van der Waals surface area contributed by atoms with Crippen LogP contribution in [0, 0.1) is 11.8 Å². The van der Waals surface area contributed by atoms with Crippen molar-refractivity contribution in [2.75, 3.05) is 33.3 Å². The van der Waals surface area contributed by atoms with E-state index in [4.69, 9.17) is 4.74 Å². The Balaban J connectivity index is 3.91. The molecule has 1 N–H and O–H groups in total. The maximum absolute atomic E-state index is 11.6. The van der Waals surface area contributed by atoms with E-state index < -0.39 is 0 Å². The van der Waals surface area contributed by atoms with E-state index in [-0.39, 0.29) is 17.8 Å². The minimum atomic E-state index is -0.216. The molecule has 0 radical (unpaired) electrons. The highest BCUT2D eigenvalue weighted by molar-refractivity contribution is 5.78. The lowest BCUT2D eigenvalue weighted by Gasteiger charge is -2.20. The molecule has 0 aromatic carbocycles. The topological polar surface area (TPSA) is 58.6 Å². The van der Waals surface area contributed by atoms with Crippen LogP contribution in [0.15, 0.2) is 0 Å². The van der Waals surface area contributed by atoms with Crippen molar-refractivity contribution in [3.8, 4) is 0 Å². The molecule has 0 bridgehead atoms. The number of rotatable bonds is 8. The summed E-state index contributed by atoms with van der Waals surface area (Å²) in [6, 6.07) is 0. The highest BCUT2D eigenvalue weighted by atomic mass is 16.5. The van der Waals surface area contributed by atoms with Crippen molar-refractivity contribution >= 4 is 11.9 Å². The first-order chi connectivity index (χ1) is 8.36. The number of carbonyl (C=O) groups excluding carboxylic acids is 2. The normalized spacial score (nSPS) is 12.6. The molecule has 0 saturated carbocycles. The van der Waals surface area contributed by atoms with Gasteiger partial charge in [0.25, 0.3) is 0 Å². The Morgan fingerprint density at radius 2 is 1.89 bits per heavy atom. The van der Waals surface area contributed by atoms with Crippen LogP contribution in [0.2, 0.25) is 0 Å². The van der Waals surface area contributed by atoms with Crippen LogP contribution in [0.5, 0.6) is 0 Å². The van der Waals surface area contributed by atoms with Crippen molar-refractivity contribution in [2.24, 2.45) is 11.8 Å². The highest BCUT2D eigenvalue weighted by Crippen LogP contribution is 2.01. The number of ether oxygens (including phenoxy) is 1. The molecule has 5 nitrogen and oxygen atoms in total. The average Bonchev–Trinajstić information content (AvgIpc) is 2.26. The molecule has 0 aliphatic heterocycles. The predicted octanol–water partition coefficient (Wildman–Crippen LogP) is 0.890. The lowest BCUT2D eigenvalue weighted by atomic mass is 10.2. The Labute approximate surface area is 110 Å². The standard InChI is InChI=1S/C13H26N2O3/c1-6-18-13(17)11(4)8-15(5)9-12(16)14-7-10(2)3/h10-11H,6-9H2,1-5H3,(H,14,16). The summed E-state index contributed by atoms with van der Waals surface area (Å²) in [5.74, 6) is -0.000224. The summed E-state index contributed by atoms with van der Waals surface area (Å²) in [6.07, 6.45) is 0. The number of hydrogen-bond donors (Lipinski definition) is 1. The highest BCUT2D eigenvalue weighted by Gasteiger charge is 2.17. The first kappa shape index (κ1) is 16.9. The van der Waals surface area contributed by atoms with Crippen molar-refractivity contribution in [1.82, 2.24) is 10.2 Å². The Morgan fingerprint density at radius 3 is 2.39 bits per heavy atom. The maximum atomic E-state index is 11.6. The molecule has 0 aliphatic rings. The monoisotopic (exact) mass is 258 g/mol. The number of likely N-dealkylation sites (N-methyl/N-ethyl adjacent to an activating group) is 1. The van der Waals surface area contributed by atoms with Gasteiger partial charge in [0.2, 0.25) is 5.91 Å². The summed E-state index contributed by atoms with van der Waals surface area (Å²) < 4.78 is 4.92. The Hall–Kier alpha value is -1.10. The van der Waals surface area contributed by atoms with Crippen LogP contribution in [-0.2, 0) is 14.3 Å². The van der Waals surface area contributed by atoms with E-state index in [9.17, 15) is 9.59 Å². The third-order valence-corrected chi connectivity index (χ3v) is 2.40. The van der Waals surface area contributed by atoms with Gasteiger partial charge in [0, 0.05) is 13.1 Å². The number of nitrogens with zero attached hydrogens (tertiary/aromatic N) is 1. The van der Waals surface area contributed by atoms with E-state index in [0.29, 0.717) is 32.2 Å². The van der Waals surface area contributed by atoms with E-state index in [1.165, 1.54) is 0 Å². The quantitative estimate of drug-likeness (QED) is 0.657. The zero-order valence-corrected chi connectivity index (χ0v) is 12.2. The van der Waals surface area contributed by atoms with E-state index in [2.05, 4.69) is 5.32 Å². The molecule has 1 atom stereocenters.